The molecule has 0 aliphatic heterocycles. The molecule has 29 heavy (non-hydrogen) atoms. The Morgan fingerprint density at radius 3 is 2.55 bits per heavy atom. The summed E-state index contributed by atoms with van der Waals surface area (Å²) in [5.74, 6) is 0.652. The van der Waals surface area contributed by atoms with Crippen LogP contribution in [0.25, 0.3) is 11.1 Å². The van der Waals surface area contributed by atoms with Crippen LogP contribution in [0.3, 0.4) is 0 Å². The van der Waals surface area contributed by atoms with Crippen molar-refractivity contribution in [2.24, 2.45) is 0 Å². The van der Waals surface area contributed by atoms with Crippen LogP contribution in [0, 0.1) is 0 Å². The van der Waals surface area contributed by atoms with Gasteiger partial charge in [0.25, 0.3) is 5.56 Å². The van der Waals surface area contributed by atoms with Gasteiger partial charge in [-0.2, -0.15) is 0 Å². The number of nitrogens with zero attached hydrogens (tertiary/aromatic N) is 1. The quantitative estimate of drug-likeness (QED) is 0.480. The van der Waals surface area contributed by atoms with Gasteiger partial charge in [-0.3, -0.25) is 4.79 Å². The molecule has 0 radical (unpaired) electrons. The zero-order chi connectivity index (χ0) is 20.1. The fraction of sp³-hybridized carbons (Fsp3) is 0.250. The summed E-state index contributed by atoms with van der Waals surface area (Å²) in [4.78, 5) is 20.1. The lowest BCUT2D eigenvalue weighted by molar-refractivity contribution is 0.104. The van der Waals surface area contributed by atoms with Crippen molar-refractivity contribution in [1.29, 1.82) is 0 Å². The molecule has 0 amide bonds. The molecule has 0 bridgehead atoms. The van der Waals surface area contributed by atoms with Gasteiger partial charge in [0, 0.05) is 17.7 Å². The third-order valence-corrected chi connectivity index (χ3v) is 4.98. The number of ether oxygens (including phenoxy) is 1. The smallest absolute Gasteiger partial charge is 0.251 e. The van der Waals surface area contributed by atoms with E-state index in [0.29, 0.717) is 31.9 Å². The van der Waals surface area contributed by atoms with Crippen molar-refractivity contribution in [3.8, 4) is 0 Å². The first-order valence-electron chi connectivity index (χ1n) is 9.93. The van der Waals surface area contributed by atoms with Gasteiger partial charge in [-0.25, -0.2) is 4.98 Å². The molecule has 2 aromatic carbocycles. The topological polar surface area (TPSA) is 68.1 Å². The molecule has 0 atom stereocenters. The lowest BCUT2D eigenvalue weighted by atomic mass is 10.1. The fourth-order valence-electron chi connectivity index (χ4n) is 3.40. The van der Waals surface area contributed by atoms with E-state index in [4.69, 9.17) is 9.15 Å². The number of fused-ring (bicyclic) bond motifs is 1. The van der Waals surface area contributed by atoms with Crippen LogP contribution in [-0.2, 0) is 37.2 Å². The number of oxazole rings is 1. The number of aromatic amines is 1. The Morgan fingerprint density at radius 2 is 1.76 bits per heavy atom. The number of pyridine rings is 1. The second-order valence-corrected chi connectivity index (χ2v) is 7.03. The van der Waals surface area contributed by atoms with E-state index in [9.17, 15) is 4.79 Å². The lowest BCUT2D eigenvalue weighted by Gasteiger charge is -2.11. The Balaban J connectivity index is 1.43. The Morgan fingerprint density at radius 1 is 0.966 bits per heavy atom. The maximum Gasteiger partial charge on any atom is 0.251 e. The van der Waals surface area contributed by atoms with Crippen LogP contribution >= 0.6 is 0 Å². The second-order valence-electron chi connectivity index (χ2n) is 7.03. The van der Waals surface area contributed by atoms with E-state index < -0.39 is 0 Å². The van der Waals surface area contributed by atoms with Crippen LogP contribution in [-0.4, -0.2) is 9.97 Å². The molecule has 5 nitrogen and oxygen atoms in total. The van der Waals surface area contributed by atoms with Crippen LogP contribution in [0.2, 0.25) is 0 Å². The first-order valence-corrected chi connectivity index (χ1v) is 9.93. The number of H-pyrrole nitrogens is 1. The highest BCUT2D eigenvalue weighted by Gasteiger charge is 2.11. The highest BCUT2D eigenvalue weighted by molar-refractivity contribution is 5.72. The number of rotatable bonds is 8. The molecule has 0 saturated carbocycles. The molecule has 0 aliphatic rings. The molecule has 0 spiro atoms. The van der Waals surface area contributed by atoms with Crippen molar-refractivity contribution in [1.82, 2.24) is 9.97 Å². The zero-order valence-electron chi connectivity index (χ0n) is 16.5. The van der Waals surface area contributed by atoms with Gasteiger partial charge in [0.1, 0.15) is 5.52 Å². The maximum atomic E-state index is 12.6. The van der Waals surface area contributed by atoms with Gasteiger partial charge >= 0.3 is 0 Å². The molecule has 2 aromatic heterocycles. The number of aryl methyl sites for hydroxylation is 3. The largest absolute Gasteiger partial charge is 0.441 e. The van der Waals surface area contributed by atoms with Gasteiger partial charge in [0.15, 0.2) is 11.5 Å². The Bertz CT molecular complexity index is 1110. The Kier molecular flexibility index (Phi) is 5.86. The fourth-order valence-corrected chi connectivity index (χ4v) is 3.40. The summed E-state index contributed by atoms with van der Waals surface area (Å²) >= 11 is 0. The van der Waals surface area contributed by atoms with Gasteiger partial charge < -0.3 is 14.1 Å². The lowest BCUT2D eigenvalue weighted by Crippen LogP contribution is -2.18. The van der Waals surface area contributed by atoms with Crippen molar-refractivity contribution in [3.63, 3.8) is 0 Å². The highest BCUT2D eigenvalue weighted by atomic mass is 16.5. The molecule has 5 heteroatoms. The molecule has 2 heterocycles. The van der Waals surface area contributed by atoms with E-state index >= 15 is 0 Å². The van der Waals surface area contributed by atoms with Gasteiger partial charge in [0.05, 0.1) is 13.2 Å². The number of para-hydroxylation sites is 2. The van der Waals surface area contributed by atoms with Gasteiger partial charge in [-0.05, 0) is 42.2 Å². The summed E-state index contributed by atoms with van der Waals surface area (Å²) in [6.07, 6.45) is 2.00. The minimum Gasteiger partial charge on any atom is -0.441 e. The number of hydrogen-bond donors (Lipinski definition) is 1. The van der Waals surface area contributed by atoms with Crippen LogP contribution in [0.15, 0.2) is 69.9 Å². The van der Waals surface area contributed by atoms with E-state index in [0.717, 1.165) is 39.9 Å². The zero-order valence-corrected chi connectivity index (χ0v) is 16.5. The van der Waals surface area contributed by atoms with Gasteiger partial charge in [-0.1, -0.05) is 49.4 Å². The van der Waals surface area contributed by atoms with E-state index in [-0.39, 0.29) is 5.56 Å². The molecular formula is C24H24N2O3. The van der Waals surface area contributed by atoms with Crippen LogP contribution in [0.4, 0.5) is 0 Å². The van der Waals surface area contributed by atoms with E-state index in [2.05, 4.69) is 16.9 Å². The van der Waals surface area contributed by atoms with Crippen LogP contribution < -0.4 is 5.56 Å². The van der Waals surface area contributed by atoms with E-state index in [1.807, 2.05) is 60.7 Å². The third kappa shape index (κ3) is 4.63. The number of aromatic nitrogens is 2. The van der Waals surface area contributed by atoms with Gasteiger partial charge in [-0.15, -0.1) is 0 Å². The maximum absolute atomic E-state index is 12.6. The summed E-state index contributed by atoms with van der Waals surface area (Å²) < 4.78 is 11.6. The highest BCUT2D eigenvalue weighted by Crippen LogP contribution is 2.17. The molecule has 4 rings (SSSR count). The van der Waals surface area contributed by atoms with Crippen LogP contribution in [0.5, 0.6) is 0 Å². The van der Waals surface area contributed by atoms with Crippen molar-refractivity contribution >= 4 is 11.1 Å². The molecule has 0 unspecified atom stereocenters. The summed E-state index contributed by atoms with van der Waals surface area (Å²) in [6, 6.07) is 19.7. The van der Waals surface area contributed by atoms with E-state index in [1.54, 1.807) is 0 Å². The standard InChI is InChI=1S/C24H24N2O3/c1-2-18-14-19(12-13-23-25-20-10-6-7-11-22(20)29-23)24(27)26-21(18)16-28-15-17-8-4-3-5-9-17/h3-11,14H,2,12-13,15-16H2,1H3,(H,26,27). The van der Waals surface area contributed by atoms with Crippen molar-refractivity contribution in [2.75, 3.05) is 0 Å². The van der Waals surface area contributed by atoms with Crippen molar-refractivity contribution in [2.45, 2.75) is 39.4 Å². The molecule has 0 saturated heterocycles. The first-order chi connectivity index (χ1) is 14.2. The summed E-state index contributed by atoms with van der Waals surface area (Å²) in [6.45, 7) is 2.99. The summed E-state index contributed by atoms with van der Waals surface area (Å²) in [5, 5.41) is 0. The summed E-state index contributed by atoms with van der Waals surface area (Å²) in [5.41, 5.74) is 5.35. The average molecular weight is 388 g/mol. The molecule has 0 aliphatic carbocycles. The van der Waals surface area contributed by atoms with E-state index in [1.165, 1.54) is 0 Å². The minimum atomic E-state index is -0.0726. The first kappa shape index (κ1) is 19.2. The van der Waals surface area contributed by atoms with Crippen LogP contribution in [0.1, 0.15) is 35.2 Å². The van der Waals surface area contributed by atoms with Gasteiger partial charge in [0.2, 0.25) is 0 Å². The predicted octanol–water partition coefficient (Wildman–Crippen LogP) is 4.58. The molecule has 1 N–H and O–H groups in total. The minimum absolute atomic E-state index is 0.0726. The predicted molar refractivity (Wildman–Crippen MR) is 113 cm³/mol. The van der Waals surface area contributed by atoms with Crippen molar-refractivity contribution in [3.05, 3.63) is 99.3 Å². The molecule has 148 valence electrons. The van der Waals surface area contributed by atoms with Crippen molar-refractivity contribution < 1.29 is 9.15 Å². The summed E-state index contributed by atoms with van der Waals surface area (Å²) in [7, 11) is 0. The molecular weight excluding hydrogens is 364 g/mol. The monoisotopic (exact) mass is 388 g/mol. The normalized spacial score (nSPS) is 11.2. The SMILES string of the molecule is CCc1cc(CCc2nc3ccccc3o2)c(=O)[nH]c1COCc1ccccc1. The molecule has 4 aromatic rings. The number of nitrogens with one attached hydrogen (secondary N) is 1. The second kappa shape index (κ2) is 8.88. The molecule has 0 fully saturated rings. The number of benzene rings is 2. The third-order valence-electron chi connectivity index (χ3n) is 4.98. The Hall–Kier alpha value is -3.18. The number of hydrogen-bond acceptors (Lipinski definition) is 4. The average Bonchev–Trinajstić information content (AvgIpc) is 3.17. The Labute approximate surface area is 169 Å².